The van der Waals surface area contributed by atoms with Crippen LogP contribution in [0.5, 0.6) is 0 Å². The van der Waals surface area contributed by atoms with Gasteiger partial charge >= 0.3 is 11.9 Å². The number of thioether (sulfide) groups is 1. The summed E-state index contributed by atoms with van der Waals surface area (Å²) >= 11 is 14.8. The molecule has 0 unspecified atom stereocenters. The Balaban J connectivity index is 1.68. The van der Waals surface area contributed by atoms with Crippen LogP contribution < -0.4 is 5.32 Å². The minimum Gasteiger partial charge on any atom is -0.465 e. The predicted octanol–water partition coefficient (Wildman–Crippen LogP) is 5.42. The summed E-state index contributed by atoms with van der Waals surface area (Å²) < 4.78 is 10.1. The number of thiazole rings is 1. The molecule has 1 aromatic heterocycles. The lowest BCUT2D eigenvalue weighted by Gasteiger charge is -2.09. The van der Waals surface area contributed by atoms with Crippen molar-refractivity contribution in [1.29, 1.82) is 0 Å². The fourth-order valence-electron chi connectivity index (χ4n) is 2.64. The zero-order valence-electron chi connectivity index (χ0n) is 16.8. The van der Waals surface area contributed by atoms with Crippen LogP contribution in [0, 0.1) is 0 Å². The van der Waals surface area contributed by atoms with Crippen LogP contribution in [-0.4, -0.2) is 42.8 Å². The van der Waals surface area contributed by atoms with Gasteiger partial charge in [0.2, 0.25) is 5.91 Å². The first-order chi connectivity index (χ1) is 15.3. The van der Waals surface area contributed by atoms with Crippen LogP contribution in [-0.2, 0) is 14.3 Å². The second-order valence-electron chi connectivity index (χ2n) is 6.24. The molecule has 7 nitrogen and oxygen atoms in total. The number of nitrogens with one attached hydrogen (secondary N) is 1. The van der Waals surface area contributed by atoms with Crippen LogP contribution in [0.2, 0.25) is 10.0 Å². The zero-order chi connectivity index (χ0) is 23.3. The molecule has 0 bridgehead atoms. The number of hydrogen-bond acceptors (Lipinski definition) is 8. The van der Waals surface area contributed by atoms with E-state index in [1.54, 1.807) is 18.2 Å². The number of esters is 2. The number of hydrogen-bond donors (Lipinski definition) is 1. The van der Waals surface area contributed by atoms with E-state index in [1.165, 1.54) is 55.5 Å². The first-order valence-corrected chi connectivity index (χ1v) is 11.6. The van der Waals surface area contributed by atoms with Gasteiger partial charge in [0.05, 0.1) is 41.8 Å². The maximum Gasteiger partial charge on any atom is 0.337 e. The molecule has 0 fully saturated rings. The highest BCUT2D eigenvalue weighted by molar-refractivity contribution is 8.01. The van der Waals surface area contributed by atoms with E-state index in [9.17, 15) is 14.4 Å². The molecule has 32 heavy (non-hydrogen) atoms. The molecule has 2 aromatic carbocycles. The lowest BCUT2D eigenvalue weighted by atomic mass is 10.1. The van der Waals surface area contributed by atoms with Crippen molar-refractivity contribution < 1.29 is 23.9 Å². The molecule has 1 heterocycles. The molecule has 3 rings (SSSR count). The Hall–Kier alpha value is -2.59. The van der Waals surface area contributed by atoms with Crippen molar-refractivity contribution in [2.75, 3.05) is 25.3 Å². The SMILES string of the molecule is COC(=O)c1cc(NC(=O)CSc2nc(-c3ccc(Cl)cc3Cl)cs2)cc(C(=O)OC)c1. The zero-order valence-corrected chi connectivity index (χ0v) is 20.0. The number of benzene rings is 2. The highest BCUT2D eigenvalue weighted by Crippen LogP contribution is 2.33. The molecule has 0 aliphatic rings. The predicted molar refractivity (Wildman–Crippen MR) is 126 cm³/mol. The van der Waals surface area contributed by atoms with Gasteiger partial charge in [0.1, 0.15) is 0 Å². The van der Waals surface area contributed by atoms with Crippen molar-refractivity contribution >= 4 is 69.8 Å². The molecule has 1 N–H and O–H groups in total. The standard InChI is InChI=1S/C21H16Cl2N2O5S2/c1-29-19(27)11-5-12(20(28)30-2)7-14(6-11)24-18(26)10-32-21-25-17(9-31-21)15-4-3-13(22)8-16(15)23/h3-9H,10H2,1-2H3,(H,24,26). The summed E-state index contributed by atoms with van der Waals surface area (Å²) in [5.41, 5.74) is 1.93. The van der Waals surface area contributed by atoms with Gasteiger partial charge in [-0.05, 0) is 36.4 Å². The van der Waals surface area contributed by atoms with E-state index in [0.717, 1.165) is 5.56 Å². The van der Waals surface area contributed by atoms with Crippen LogP contribution in [0.1, 0.15) is 20.7 Å². The first-order valence-electron chi connectivity index (χ1n) is 8.96. The number of aromatic nitrogens is 1. The highest BCUT2D eigenvalue weighted by atomic mass is 35.5. The maximum atomic E-state index is 12.4. The molecule has 11 heteroatoms. The van der Waals surface area contributed by atoms with Gasteiger partial charge < -0.3 is 14.8 Å². The van der Waals surface area contributed by atoms with E-state index in [4.69, 9.17) is 32.7 Å². The molecule has 0 aliphatic carbocycles. The Morgan fingerprint density at radius 2 is 1.69 bits per heavy atom. The summed E-state index contributed by atoms with van der Waals surface area (Å²) in [5.74, 6) is -1.56. The molecule has 3 aromatic rings. The maximum absolute atomic E-state index is 12.4. The minimum atomic E-state index is -0.642. The number of rotatable bonds is 7. The summed E-state index contributed by atoms with van der Waals surface area (Å²) in [6, 6.07) is 9.33. The van der Waals surface area contributed by atoms with E-state index in [1.807, 2.05) is 5.38 Å². The molecular formula is C21H16Cl2N2O5S2. The van der Waals surface area contributed by atoms with E-state index in [-0.39, 0.29) is 28.5 Å². The second-order valence-corrected chi connectivity index (χ2v) is 9.17. The summed E-state index contributed by atoms with van der Waals surface area (Å²) in [4.78, 5) is 40.7. The monoisotopic (exact) mass is 510 g/mol. The van der Waals surface area contributed by atoms with Crippen LogP contribution in [0.15, 0.2) is 46.1 Å². The third-order valence-corrected chi connectivity index (χ3v) is 6.64. The van der Waals surface area contributed by atoms with Gasteiger partial charge in [-0.2, -0.15) is 0 Å². The summed E-state index contributed by atoms with van der Waals surface area (Å²) in [6.45, 7) is 0. The van der Waals surface area contributed by atoms with Crippen molar-refractivity contribution in [2.45, 2.75) is 4.34 Å². The van der Waals surface area contributed by atoms with Gasteiger partial charge in [-0.3, -0.25) is 4.79 Å². The van der Waals surface area contributed by atoms with Crippen LogP contribution in [0.25, 0.3) is 11.3 Å². The minimum absolute atomic E-state index is 0.0668. The van der Waals surface area contributed by atoms with Crippen molar-refractivity contribution in [2.24, 2.45) is 0 Å². The fraction of sp³-hybridized carbons (Fsp3) is 0.143. The number of ether oxygens (including phenoxy) is 2. The van der Waals surface area contributed by atoms with Gasteiger partial charge in [-0.25, -0.2) is 14.6 Å². The summed E-state index contributed by atoms with van der Waals surface area (Å²) in [6.07, 6.45) is 0. The third kappa shape index (κ3) is 6.01. The van der Waals surface area contributed by atoms with Crippen LogP contribution in [0.4, 0.5) is 5.69 Å². The Labute approximate surface area is 202 Å². The van der Waals surface area contributed by atoms with E-state index in [0.29, 0.717) is 20.1 Å². The Kier molecular flexibility index (Phi) is 8.14. The number of methoxy groups -OCH3 is 2. The number of anilines is 1. The number of nitrogens with zero attached hydrogens (tertiary/aromatic N) is 1. The molecule has 0 atom stereocenters. The third-order valence-electron chi connectivity index (χ3n) is 4.08. The molecule has 0 saturated carbocycles. The molecule has 0 aliphatic heterocycles. The van der Waals surface area contributed by atoms with Gasteiger partial charge in [-0.15, -0.1) is 11.3 Å². The van der Waals surface area contributed by atoms with Crippen molar-refractivity contribution in [1.82, 2.24) is 4.98 Å². The molecule has 0 radical (unpaired) electrons. The van der Waals surface area contributed by atoms with Crippen LogP contribution in [0.3, 0.4) is 0 Å². The summed E-state index contributed by atoms with van der Waals surface area (Å²) in [7, 11) is 2.45. The average Bonchev–Trinajstić information content (AvgIpc) is 3.25. The first kappa shape index (κ1) is 24.1. The average molecular weight is 511 g/mol. The number of carbonyl (C=O) groups excluding carboxylic acids is 3. The number of amides is 1. The van der Waals surface area contributed by atoms with Gasteiger partial charge in [0, 0.05) is 21.7 Å². The van der Waals surface area contributed by atoms with Crippen molar-refractivity contribution in [3.8, 4) is 11.3 Å². The second kappa shape index (κ2) is 10.8. The topological polar surface area (TPSA) is 94.6 Å². The molecule has 0 spiro atoms. The van der Waals surface area contributed by atoms with E-state index in [2.05, 4.69) is 10.3 Å². The highest BCUT2D eigenvalue weighted by Gasteiger charge is 2.16. The van der Waals surface area contributed by atoms with Gasteiger partial charge in [0.15, 0.2) is 4.34 Å². The van der Waals surface area contributed by atoms with E-state index < -0.39 is 11.9 Å². The number of carbonyl (C=O) groups is 3. The van der Waals surface area contributed by atoms with E-state index >= 15 is 0 Å². The Bertz CT molecular complexity index is 1150. The summed E-state index contributed by atoms with van der Waals surface area (Å²) in [5, 5.41) is 5.54. The lowest BCUT2D eigenvalue weighted by Crippen LogP contribution is -2.16. The quantitative estimate of drug-likeness (QED) is 0.334. The normalized spacial score (nSPS) is 10.5. The Morgan fingerprint density at radius 3 is 2.28 bits per heavy atom. The largest absolute Gasteiger partial charge is 0.465 e. The Morgan fingerprint density at radius 1 is 1.03 bits per heavy atom. The van der Waals surface area contributed by atoms with Crippen molar-refractivity contribution in [3.05, 3.63) is 63.0 Å². The molecular weight excluding hydrogens is 495 g/mol. The molecule has 0 saturated heterocycles. The fourth-order valence-corrected chi connectivity index (χ4v) is 4.77. The van der Waals surface area contributed by atoms with Gasteiger partial charge in [-0.1, -0.05) is 35.0 Å². The van der Waals surface area contributed by atoms with Crippen LogP contribution >= 0.6 is 46.3 Å². The smallest absolute Gasteiger partial charge is 0.337 e. The molecule has 1 amide bonds. The molecule has 166 valence electrons. The van der Waals surface area contributed by atoms with Crippen molar-refractivity contribution in [3.63, 3.8) is 0 Å². The van der Waals surface area contributed by atoms with Gasteiger partial charge in [0.25, 0.3) is 0 Å². The number of halogens is 2. The lowest BCUT2D eigenvalue weighted by molar-refractivity contribution is -0.113.